The molecule has 131 heavy (non-hydrogen) atoms. The normalized spacial score (nSPS) is 11.7. The average molecular weight is 1680 g/mol. The first kappa shape index (κ1) is 75.4. The Morgan fingerprint density at radius 1 is 0.130 bits per heavy atom. The second kappa shape index (κ2) is 31.5. The Labute approximate surface area is 750 Å². The van der Waals surface area contributed by atoms with Crippen LogP contribution in [0.3, 0.4) is 0 Å². The van der Waals surface area contributed by atoms with Gasteiger partial charge in [0, 0.05) is 165 Å². The molecular weight excluding hydrogens is 1600 g/mol. The van der Waals surface area contributed by atoms with E-state index in [1.54, 1.807) is 49.6 Å². The van der Waals surface area contributed by atoms with Gasteiger partial charge in [0.1, 0.15) is 0 Å². The molecule has 26 aromatic rings. The van der Waals surface area contributed by atoms with Gasteiger partial charge >= 0.3 is 0 Å². The summed E-state index contributed by atoms with van der Waals surface area (Å²) < 4.78 is 11.8. The summed E-state index contributed by atoms with van der Waals surface area (Å²) in [5.74, 6) is 3.37. The molecule has 0 atom stereocenters. The fourth-order valence-electron chi connectivity index (χ4n) is 19.1. The van der Waals surface area contributed by atoms with E-state index >= 15 is 0 Å². The zero-order chi connectivity index (χ0) is 86.4. The summed E-state index contributed by atoms with van der Waals surface area (Å²) in [6.07, 6.45) is 14.1. The van der Waals surface area contributed by atoms with Gasteiger partial charge in [-0.3, -0.25) is 19.9 Å². The van der Waals surface area contributed by atoms with Crippen molar-refractivity contribution in [2.24, 2.45) is 0 Å². The molecule has 0 bridgehead atoms. The van der Waals surface area contributed by atoms with Gasteiger partial charge in [0.15, 0.2) is 34.9 Å². The van der Waals surface area contributed by atoms with E-state index in [4.69, 9.17) is 29.9 Å². The zero-order valence-corrected chi connectivity index (χ0v) is 70.4. The molecule has 0 aliphatic carbocycles. The van der Waals surface area contributed by atoms with Crippen LogP contribution in [0.2, 0.25) is 0 Å². The molecule has 15 nitrogen and oxygen atoms in total. The molecule has 612 valence electrons. The van der Waals surface area contributed by atoms with Crippen molar-refractivity contribution in [2.45, 2.75) is 0 Å². The highest BCUT2D eigenvalue weighted by atomic mass is 15.1. The molecule has 26 rings (SSSR count). The van der Waals surface area contributed by atoms with E-state index in [2.05, 4.69) is 389 Å². The fraction of sp³-hybridized carbons (Fsp3) is 0. The molecule has 0 N–H and O–H groups in total. The smallest absolute Gasteiger partial charge is 0.165 e. The van der Waals surface area contributed by atoms with Gasteiger partial charge in [-0.2, -0.15) is 0 Å². The summed E-state index contributed by atoms with van der Waals surface area (Å²) in [4.78, 5) is 46.7. The zero-order valence-electron chi connectivity index (χ0n) is 70.4. The molecule has 15 heteroatoms. The van der Waals surface area contributed by atoms with Crippen LogP contribution in [0.1, 0.15) is 0 Å². The molecule has 0 spiro atoms. The first-order valence-corrected chi connectivity index (χ1v) is 43.7. The van der Waals surface area contributed by atoms with Crippen molar-refractivity contribution in [1.29, 1.82) is 0 Å². The van der Waals surface area contributed by atoms with Gasteiger partial charge in [0.2, 0.25) is 0 Å². The van der Waals surface area contributed by atoms with Crippen LogP contribution in [-0.2, 0) is 0 Å². The SMILES string of the molecule is c1ccc(-n2c3ccccc3c3cc(-c4ccc5c(c4)c4cc(-c6ccc7c(c6)c6ccccc6n7-c6ccccc6)ccc4n5-c4ccc(-c5nc(-c6cccnc6)nc(-c6cccnc6)n5)cc4)ccc32)cc1.c1ccc(-n2c3ccccc3c3cc(-c4ccc5c(c4)c4ccccc4n5-c4ccc(-c5nc(-c6cccnc6)nc(-c6cccnc6)n5)cc4)ccc32)cc1. The Morgan fingerprint density at radius 2 is 0.313 bits per heavy atom. The molecule has 0 saturated carbocycles. The van der Waals surface area contributed by atoms with Crippen molar-refractivity contribution in [3.05, 3.63) is 444 Å². The number of fused-ring (bicyclic) bond motifs is 15. The number of rotatable bonds is 14. The Morgan fingerprint density at radius 3 is 0.534 bits per heavy atom. The maximum atomic E-state index is 4.98. The van der Waals surface area contributed by atoms with Crippen LogP contribution in [-0.4, -0.2) is 72.7 Å². The quantitative estimate of drug-likeness (QED) is 0.103. The average Bonchev–Trinajstić information content (AvgIpc) is 1.58. The van der Waals surface area contributed by atoms with Gasteiger partial charge in [0.25, 0.3) is 0 Å². The monoisotopic (exact) mass is 1680 g/mol. The third-order valence-corrected chi connectivity index (χ3v) is 25.2. The summed E-state index contributed by atoms with van der Waals surface area (Å²) >= 11 is 0. The van der Waals surface area contributed by atoms with E-state index in [9.17, 15) is 0 Å². The highest BCUT2D eigenvalue weighted by molar-refractivity contribution is 6.17. The van der Waals surface area contributed by atoms with Crippen LogP contribution in [0, 0.1) is 0 Å². The summed E-state index contributed by atoms with van der Waals surface area (Å²) in [6, 6.07) is 140. The van der Waals surface area contributed by atoms with Crippen LogP contribution >= 0.6 is 0 Å². The number of hydrogen-bond acceptors (Lipinski definition) is 10. The van der Waals surface area contributed by atoms with Gasteiger partial charge < -0.3 is 22.8 Å². The van der Waals surface area contributed by atoms with Crippen LogP contribution in [0.5, 0.6) is 0 Å². The van der Waals surface area contributed by atoms with Crippen LogP contribution < -0.4 is 0 Å². The molecule has 0 unspecified atom stereocenters. The van der Waals surface area contributed by atoms with E-state index in [-0.39, 0.29) is 0 Å². The van der Waals surface area contributed by atoms with Gasteiger partial charge in [-0.15, -0.1) is 0 Å². The molecule has 0 amide bonds. The number of nitrogens with zero attached hydrogens (tertiary/aromatic N) is 15. The van der Waals surface area contributed by atoms with E-state index in [0.29, 0.717) is 34.9 Å². The minimum absolute atomic E-state index is 0.548. The second-order valence-corrected chi connectivity index (χ2v) is 32.8. The van der Waals surface area contributed by atoms with E-state index in [1.165, 1.54) is 98.1 Å². The van der Waals surface area contributed by atoms with E-state index in [1.807, 2.05) is 48.5 Å². The van der Waals surface area contributed by atoms with Gasteiger partial charge in [-0.05, 0) is 264 Å². The number of aromatic nitrogens is 15. The Kier molecular flexibility index (Phi) is 18.2. The molecule has 11 heterocycles. The van der Waals surface area contributed by atoms with Gasteiger partial charge in [-0.1, -0.05) is 164 Å². The minimum atomic E-state index is 0.548. The lowest BCUT2D eigenvalue weighted by molar-refractivity contribution is 1.06. The summed E-state index contributed by atoms with van der Waals surface area (Å²) in [5, 5.41) is 12.1. The highest BCUT2D eigenvalue weighted by Crippen LogP contribution is 2.45. The molecule has 11 aromatic heterocycles. The Hall–Kier alpha value is -18.1. The van der Waals surface area contributed by atoms with Crippen molar-refractivity contribution in [2.75, 3.05) is 0 Å². The Balaban J connectivity index is 0.000000147. The lowest BCUT2D eigenvalue weighted by atomic mass is 9.98. The lowest BCUT2D eigenvalue weighted by Gasteiger charge is -2.11. The largest absolute Gasteiger partial charge is 0.309 e. The number of pyridine rings is 4. The fourth-order valence-corrected chi connectivity index (χ4v) is 19.1. The highest BCUT2D eigenvalue weighted by Gasteiger charge is 2.24. The number of benzene rings is 15. The predicted octanol–water partition coefficient (Wildman–Crippen LogP) is 27.8. The minimum Gasteiger partial charge on any atom is -0.309 e. The lowest BCUT2D eigenvalue weighted by Crippen LogP contribution is -2.01. The van der Waals surface area contributed by atoms with Crippen molar-refractivity contribution in [3.8, 4) is 130 Å². The molecule has 0 aliphatic rings. The number of para-hydroxylation sites is 7. The molecule has 0 saturated heterocycles. The topological polar surface area (TPSA) is 154 Å². The van der Waals surface area contributed by atoms with Crippen molar-refractivity contribution in [3.63, 3.8) is 0 Å². The first-order valence-electron chi connectivity index (χ1n) is 43.7. The van der Waals surface area contributed by atoms with Gasteiger partial charge in [0.05, 0.1) is 55.2 Å². The predicted molar refractivity (Wildman–Crippen MR) is 531 cm³/mol. The Bertz CT molecular complexity index is 8600. The van der Waals surface area contributed by atoms with Crippen LogP contribution in [0.25, 0.3) is 239 Å². The molecular formula is C116H73N15. The van der Waals surface area contributed by atoms with E-state index < -0.39 is 0 Å². The van der Waals surface area contributed by atoms with Crippen molar-refractivity contribution >= 4 is 109 Å². The van der Waals surface area contributed by atoms with E-state index in [0.717, 1.165) is 106 Å². The van der Waals surface area contributed by atoms with Crippen molar-refractivity contribution < 1.29 is 0 Å². The molecule has 0 aliphatic heterocycles. The maximum Gasteiger partial charge on any atom is 0.165 e. The third kappa shape index (κ3) is 13.2. The summed E-state index contributed by atoms with van der Waals surface area (Å²) in [5.41, 5.74) is 29.2. The molecule has 0 radical (unpaired) electrons. The molecule has 15 aromatic carbocycles. The first-order chi connectivity index (χ1) is 64.9. The maximum absolute atomic E-state index is 4.98. The number of hydrogen-bond donors (Lipinski definition) is 0. The summed E-state index contributed by atoms with van der Waals surface area (Å²) in [6.45, 7) is 0. The van der Waals surface area contributed by atoms with Crippen LogP contribution in [0.15, 0.2) is 444 Å². The third-order valence-electron chi connectivity index (χ3n) is 25.2. The van der Waals surface area contributed by atoms with Crippen LogP contribution in [0.4, 0.5) is 0 Å². The van der Waals surface area contributed by atoms with Crippen molar-refractivity contribution in [1.82, 2.24) is 72.7 Å². The second-order valence-electron chi connectivity index (χ2n) is 32.8. The summed E-state index contributed by atoms with van der Waals surface area (Å²) in [7, 11) is 0. The standard InChI is InChI=1S/C67H42N8.C49H31N7/c1-3-15-50(16-4-1)73-59-21-9-7-19-53(59)55-37-44(25-31-61(55)73)46-27-33-63-57(39-46)58-40-47(45-26-32-62-56(38-45)54-20-8-10-22-60(54)74(62)51-17-5-2-6-18-51)28-34-64(58)75(63)52-29-23-43(24-30-52)65-70-66(48-13-11-35-68-41-48)72-67(71-65)49-14-12-36-69-42-49;1-2-12-37(13-3-1)55-43-16-6-4-14-39(43)41-28-33(20-24-45(41)55)34-21-25-46-42(29-34)40-15-5-7-17-44(40)56(46)38-22-18-32(19-23-38)47-52-48(35-10-8-26-50-30-35)54-49(53-47)36-11-9-27-51-31-36/h1-42H;1-31H. The molecule has 0 fully saturated rings. The van der Waals surface area contributed by atoms with Gasteiger partial charge in [-0.25, -0.2) is 29.9 Å².